The molecule has 1 aliphatic rings. The fraction of sp³-hybridized carbons (Fsp3) is 1.00. The Morgan fingerprint density at radius 1 is 1.06 bits per heavy atom. The van der Waals surface area contributed by atoms with Gasteiger partial charge < -0.3 is 9.47 Å². The van der Waals surface area contributed by atoms with Gasteiger partial charge in [0.05, 0.1) is 0 Å². The Morgan fingerprint density at radius 3 is 2.50 bits per heavy atom. The van der Waals surface area contributed by atoms with Gasteiger partial charge in [0.25, 0.3) is 0 Å². The van der Waals surface area contributed by atoms with Crippen molar-refractivity contribution in [3.63, 3.8) is 0 Å². The summed E-state index contributed by atoms with van der Waals surface area (Å²) in [5.74, 6) is 0.955. The van der Waals surface area contributed by atoms with Crippen molar-refractivity contribution >= 4 is 0 Å². The zero-order chi connectivity index (χ0) is 13.1. The van der Waals surface area contributed by atoms with Crippen LogP contribution in [-0.4, -0.2) is 19.5 Å². The van der Waals surface area contributed by atoms with Crippen LogP contribution in [0.15, 0.2) is 0 Å². The van der Waals surface area contributed by atoms with E-state index in [0.717, 1.165) is 25.6 Å². The Hall–Kier alpha value is -0.0800. The summed E-state index contributed by atoms with van der Waals surface area (Å²) in [6, 6.07) is 0. The maximum absolute atomic E-state index is 5.73. The van der Waals surface area contributed by atoms with Gasteiger partial charge in [-0.1, -0.05) is 52.4 Å². The van der Waals surface area contributed by atoms with Gasteiger partial charge in [0.15, 0.2) is 6.29 Å². The summed E-state index contributed by atoms with van der Waals surface area (Å²) >= 11 is 0. The normalized spacial score (nSPS) is 20.5. The Bertz CT molecular complexity index is 172. The fourth-order valence-corrected chi connectivity index (χ4v) is 2.64. The molecule has 18 heavy (non-hydrogen) atoms. The van der Waals surface area contributed by atoms with Crippen molar-refractivity contribution < 1.29 is 9.47 Å². The van der Waals surface area contributed by atoms with Gasteiger partial charge in [-0.25, -0.2) is 0 Å². The molecule has 1 rings (SSSR count). The molecule has 2 nitrogen and oxygen atoms in total. The largest absolute Gasteiger partial charge is 0.353 e. The molecule has 1 aliphatic heterocycles. The van der Waals surface area contributed by atoms with E-state index in [1.165, 1.54) is 57.8 Å². The lowest BCUT2D eigenvalue weighted by Crippen LogP contribution is -2.22. The van der Waals surface area contributed by atoms with E-state index in [0.29, 0.717) is 0 Å². The summed E-state index contributed by atoms with van der Waals surface area (Å²) in [6.07, 6.45) is 13.0. The van der Waals surface area contributed by atoms with E-state index in [1.807, 2.05) is 0 Å². The molecular formula is C16H32O2. The second-order valence-electron chi connectivity index (χ2n) is 5.55. The van der Waals surface area contributed by atoms with Crippen LogP contribution in [0.5, 0.6) is 0 Å². The van der Waals surface area contributed by atoms with E-state index < -0.39 is 0 Å². The topological polar surface area (TPSA) is 18.5 Å². The second-order valence-corrected chi connectivity index (χ2v) is 5.55. The molecule has 0 aromatic heterocycles. The third-order valence-corrected chi connectivity index (χ3v) is 4.10. The minimum absolute atomic E-state index is 0.100. The molecule has 0 amide bonds. The summed E-state index contributed by atoms with van der Waals surface area (Å²) in [4.78, 5) is 0. The van der Waals surface area contributed by atoms with E-state index in [1.54, 1.807) is 0 Å². The summed E-state index contributed by atoms with van der Waals surface area (Å²) in [5, 5.41) is 0. The predicted octanol–water partition coefficient (Wildman–Crippen LogP) is 4.92. The highest BCUT2D eigenvalue weighted by Crippen LogP contribution is 2.17. The smallest absolute Gasteiger partial charge is 0.157 e. The van der Waals surface area contributed by atoms with Gasteiger partial charge in [-0.3, -0.25) is 0 Å². The van der Waals surface area contributed by atoms with Crippen molar-refractivity contribution in [2.75, 3.05) is 13.2 Å². The molecule has 2 heteroatoms. The van der Waals surface area contributed by atoms with Crippen LogP contribution in [0.3, 0.4) is 0 Å². The lowest BCUT2D eigenvalue weighted by molar-refractivity contribution is -0.162. The van der Waals surface area contributed by atoms with E-state index >= 15 is 0 Å². The number of hydrogen-bond acceptors (Lipinski definition) is 2. The molecule has 1 atom stereocenters. The van der Waals surface area contributed by atoms with E-state index in [-0.39, 0.29) is 6.29 Å². The highest BCUT2D eigenvalue weighted by Gasteiger charge is 2.13. The number of ether oxygens (including phenoxy) is 2. The van der Waals surface area contributed by atoms with Gasteiger partial charge in [-0.15, -0.1) is 0 Å². The molecule has 1 fully saturated rings. The zero-order valence-electron chi connectivity index (χ0n) is 12.5. The molecule has 108 valence electrons. The highest BCUT2D eigenvalue weighted by atomic mass is 16.7. The summed E-state index contributed by atoms with van der Waals surface area (Å²) in [6.45, 7) is 6.40. The SMILES string of the molecule is CCC(CC)CCCCCCOC1CCCCO1. The Balaban J connectivity index is 1.83. The lowest BCUT2D eigenvalue weighted by Gasteiger charge is -2.22. The van der Waals surface area contributed by atoms with E-state index in [2.05, 4.69) is 13.8 Å². The molecule has 1 saturated heterocycles. The Labute approximate surface area is 113 Å². The molecule has 0 radical (unpaired) electrons. The van der Waals surface area contributed by atoms with Gasteiger partial charge in [0.1, 0.15) is 0 Å². The molecule has 0 saturated carbocycles. The molecule has 0 aromatic carbocycles. The molecule has 0 bridgehead atoms. The van der Waals surface area contributed by atoms with Crippen molar-refractivity contribution in [1.29, 1.82) is 0 Å². The van der Waals surface area contributed by atoms with Crippen molar-refractivity contribution in [1.82, 2.24) is 0 Å². The molecular weight excluding hydrogens is 224 g/mol. The first-order chi connectivity index (χ1) is 8.86. The van der Waals surface area contributed by atoms with Crippen LogP contribution in [0.1, 0.15) is 78.1 Å². The first kappa shape index (κ1) is 16.0. The third kappa shape index (κ3) is 7.38. The minimum atomic E-state index is 0.100. The fourth-order valence-electron chi connectivity index (χ4n) is 2.64. The van der Waals surface area contributed by atoms with Crippen LogP contribution in [0.2, 0.25) is 0 Å². The summed E-state index contributed by atoms with van der Waals surface area (Å²) in [5.41, 5.74) is 0. The Morgan fingerprint density at radius 2 is 1.83 bits per heavy atom. The lowest BCUT2D eigenvalue weighted by atomic mass is 9.96. The van der Waals surface area contributed by atoms with Gasteiger partial charge in [-0.05, 0) is 31.6 Å². The molecule has 1 unspecified atom stereocenters. The maximum Gasteiger partial charge on any atom is 0.157 e. The molecule has 0 spiro atoms. The molecule has 0 N–H and O–H groups in total. The van der Waals surface area contributed by atoms with Crippen LogP contribution in [0, 0.1) is 5.92 Å². The second kappa shape index (κ2) is 10.8. The first-order valence-electron chi connectivity index (χ1n) is 8.10. The van der Waals surface area contributed by atoms with Gasteiger partial charge in [0.2, 0.25) is 0 Å². The highest BCUT2D eigenvalue weighted by molar-refractivity contribution is 4.56. The summed E-state index contributed by atoms with van der Waals surface area (Å²) in [7, 11) is 0. The van der Waals surface area contributed by atoms with Crippen molar-refractivity contribution in [3.05, 3.63) is 0 Å². The quantitative estimate of drug-likeness (QED) is 0.517. The van der Waals surface area contributed by atoms with Gasteiger partial charge in [-0.2, -0.15) is 0 Å². The van der Waals surface area contributed by atoms with Crippen molar-refractivity contribution in [2.24, 2.45) is 5.92 Å². The van der Waals surface area contributed by atoms with Gasteiger partial charge in [0, 0.05) is 13.2 Å². The third-order valence-electron chi connectivity index (χ3n) is 4.10. The predicted molar refractivity (Wildman–Crippen MR) is 76.7 cm³/mol. The standard InChI is InChI=1S/C16H32O2/c1-3-15(4-2)11-7-5-6-9-13-17-16-12-8-10-14-18-16/h15-16H,3-14H2,1-2H3. The van der Waals surface area contributed by atoms with Crippen LogP contribution in [0.25, 0.3) is 0 Å². The minimum Gasteiger partial charge on any atom is -0.353 e. The number of unbranched alkanes of at least 4 members (excludes halogenated alkanes) is 3. The first-order valence-corrected chi connectivity index (χ1v) is 8.10. The van der Waals surface area contributed by atoms with Crippen LogP contribution in [-0.2, 0) is 9.47 Å². The summed E-state index contributed by atoms with van der Waals surface area (Å²) < 4.78 is 11.3. The Kier molecular flexibility index (Phi) is 9.59. The maximum atomic E-state index is 5.73. The van der Waals surface area contributed by atoms with E-state index in [9.17, 15) is 0 Å². The average molecular weight is 256 g/mol. The zero-order valence-corrected chi connectivity index (χ0v) is 12.5. The molecule has 1 heterocycles. The molecule has 0 aliphatic carbocycles. The van der Waals surface area contributed by atoms with Crippen molar-refractivity contribution in [2.45, 2.75) is 84.3 Å². The van der Waals surface area contributed by atoms with Crippen molar-refractivity contribution in [3.8, 4) is 0 Å². The monoisotopic (exact) mass is 256 g/mol. The number of hydrogen-bond donors (Lipinski definition) is 0. The average Bonchev–Trinajstić information content (AvgIpc) is 2.43. The van der Waals surface area contributed by atoms with Gasteiger partial charge >= 0.3 is 0 Å². The van der Waals surface area contributed by atoms with Crippen LogP contribution < -0.4 is 0 Å². The van der Waals surface area contributed by atoms with E-state index in [4.69, 9.17) is 9.47 Å². The molecule has 0 aromatic rings. The van der Waals surface area contributed by atoms with Crippen LogP contribution in [0.4, 0.5) is 0 Å². The number of rotatable bonds is 10. The van der Waals surface area contributed by atoms with Crippen LogP contribution >= 0.6 is 0 Å².